The Kier molecular flexibility index (Phi) is 9.03. The molecular formula is C65H69BN2O. The Morgan fingerprint density at radius 2 is 1.03 bits per heavy atom. The fourth-order valence-corrected chi connectivity index (χ4v) is 12.9. The minimum atomic E-state index is -0.260. The van der Waals surface area contributed by atoms with Gasteiger partial charge in [0.1, 0.15) is 11.2 Å². The molecule has 0 saturated heterocycles. The van der Waals surface area contributed by atoms with Crippen LogP contribution in [0.5, 0.6) is 0 Å². The quantitative estimate of drug-likeness (QED) is 0.161. The lowest BCUT2D eigenvalue weighted by Gasteiger charge is -2.47. The number of rotatable bonds is 2. The minimum Gasteiger partial charge on any atom is -0.456 e. The van der Waals surface area contributed by atoms with Gasteiger partial charge in [0.15, 0.2) is 0 Å². The first-order valence-corrected chi connectivity index (χ1v) is 25.7. The van der Waals surface area contributed by atoms with E-state index in [9.17, 15) is 0 Å². The predicted octanol–water partition coefficient (Wildman–Crippen LogP) is 16.8. The van der Waals surface area contributed by atoms with Crippen molar-refractivity contribution >= 4 is 68.1 Å². The molecule has 1 aromatic heterocycles. The molecule has 0 atom stereocenters. The van der Waals surface area contributed by atoms with Crippen molar-refractivity contribution in [2.24, 2.45) is 0 Å². The third kappa shape index (κ3) is 6.38. The zero-order valence-electron chi connectivity index (χ0n) is 43.8. The second-order valence-electron chi connectivity index (χ2n) is 26.1. The van der Waals surface area contributed by atoms with Crippen LogP contribution in [0.4, 0.5) is 28.4 Å². The Bertz CT molecular complexity index is 3470. The van der Waals surface area contributed by atoms with Crippen LogP contribution in [0.3, 0.4) is 0 Å². The molecule has 0 radical (unpaired) electrons. The van der Waals surface area contributed by atoms with E-state index >= 15 is 0 Å². The van der Waals surface area contributed by atoms with Crippen molar-refractivity contribution in [3.05, 3.63) is 160 Å². The topological polar surface area (TPSA) is 19.6 Å². The van der Waals surface area contributed by atoms with Crippen LogP contribution in [0.15, 0.2) is 126 Å². The summed E-state index contributed by atoms with van der Waals surface area (Å²) in [6.07, 6.45) is 2.33. The lowest BCUT2D eigenvalue weighted by atomic mass is 9.42. The van der Waals surface area contributed by atoms with Crippen LogP contribution in [0, 0.1) is 0 Å². The SMILES string of the molecule is CC(C)(C)c1ccc(N2B3c4cc(C(C)(C)C)ccc4N(c4ccc(C(C)(C)C)cc4)c4cc5c(c(c43)-c3cc4c(cc32)oc2cc3c(cc24)C(C)(C)CCC3(C)C)C(C)(C)c2ccccc2-5)cc1. The van der Waals surface area contributed by atoms with Crippen LogP contribution in [-0.2, 0) is 32.5 Å². The van der Waals surface area contributed by atoms with Crippen LogP contribution in [0.25, 0.3) is 44.2 Å². The molecule has 0 amide bonds. The van der Waals surface area contributed by atoms with E-state index in [4.69, 9.17) is 4.42 Å². The van der Waals surface area contributed by atoms with Gasteiger partial charge in [-0.1, -0.05) is 165 Å². The predicted molar refractivity (Wildman–Crippen MR) is 296 cm³/mol. The summed E-state index contributed by atoms with van der Waals surface area (Å²) < 4.78 is 7.18. The van der Waals surface area contributed by atoms with E-state index in [1.807, 2.05) is 0 Å². The van der Waals surface area contributed by atoms with Crippen LogP contribution in [-0.4, -0.2) is 6.85 Å². The van der Waals surface area contributed by atoms with Crippen molar-refractivity contribution < 1.29 is 4.42 Å². The molecule has 0 unspecified atom stereocenters. The van der Waals surface area contributed by atoms with Crippen LogP contribution < -0.4 is 20.6 Å². The van der Waals surface area contributed by atoms with Crippen LogP contribution in [0.2, 0.25) is 0 Å². The summed E-state index contributed by atoms with van der Waals surface area (Å²) in [5.74, 6) is 0. The Morgan fingerprint density at radius 3 is 1.65 bits per heavy atom. The Hall–Kier alpha value is -6.00. The van der Waals surface area contributed by atoms with Gasteiger partial charge in [-0.2, -0.15) is 0 Å². The first-order valence-electron chi connectivity index (χ1n) is 25.7. The molecule has 69 heavy (non-hydrogen) atoms. The number of fused-ring (bicyclic) bond motifs is 12. The number of hydrogen-bond acceptors (Lipinski definition) is 3. The van der Waals surface area contributed by atoms with Crippen LogP contribution >= 0.6 is 0 Å². The van der Waals surface area contributed by atoms with Crippen molar-refractivity contribution in [3.63, 3.8) is 0 Å². The maximum absolute atomic E-state index is 7.18. The fraction of sp³-hybridized carbons (Fsp3) is 0.354. The molecule has 4 heteroatoms. The van der Waals surface area contributed by atoms with Gasteiger partial charge in [-0.05, 0) is 161 Å². The maximum atomic E-state index is 7.18. The highest BCUT2D eigenvalue weighted by molar-refractivity contribution is 6.93. The summed E-state index contributed by atoms with van der Waals surface area (Å²) in [5.41, 5.74) is 25.5. The molecule has 3 heterocycles. The molecule has 0 saturated carbocycles. The van der Waals surface area contributed by atoms with Gasteiger partial charge in [-0.3, -0.25) is 0 Å². The van der Waals surface area contributed by atoms with Crippen molar-refractivity contribution in [3.8, 4) is 22.3 Å². The van der Waals surface area contributed by atoms with Gasteiger partial charge in [0.2, 0.25) is 0 Å². The minimum absolute atomic E-state index is 0.0179. The largest absolute Gasteiger partial charge is 0.456 e. The zero-order valence-corrected chi connectivity index (χ0v) is 43.8. The molecule has 4 aliphatic rings. The van der Waals surface area contributed by atoms with Crippen LogP contribution in [0.1, 0.15) is 156 Å². The number of anilines is 5. The van der Waals surface area contributed by atoms with E-state index in [1.165, 1.54) is 118 Å². The van der Waals surface area contributed by atoms with E-state index in [1.54, 1.807) is 0 Å². The van der Waals surface area contributed by atoms with Crippen molar-refractivity contribution in [2.75, 3.05) is 9.71 Å². The van der Waals surface area contributed by atoms with Gasteiger partial charge < -0.3 is 14.1 Å². The number of furan rings is 1. The third-order valence-electron chi connectivity index (χ3n) is 17.2. The summed E-state index contributed by atoms with van der Waals surface area (Å²) in [5, 5.41) is 2.40. The van der Waals surface area contributed by atoms with E-state index < -0.39 is 0 Å². The van der Waals surface area contributed by atoms with Gasteiger partial charge in [0.05, 0.1) is 0 Å². The molecule has 0 fully saturated rings. The average molecular weight is 905 g/mol. The monoisotopic (exact) mass is 905 g/mol. The molecule has 0 bridgehead atoms. The molecular weight excluding hydrogens is 836 g/mol. The molecule has 2 aliphatic carbocycles. The second kappa shape index (κ2) is 14.1. The molecule has 0 N–H and O–H groups in total. The Labute approximate surface area is 412 Å². The molecule has 348 valence electrons. The highest BCUT2D eigenvalue weighted by Crippen LogP contribution is 2.59. The Balaban J connectivity index is 1.25. The maximum Gasteiger partial charge on any atom is 0.333 e. The summed E-state index contributed by atoms with van der Waals surface area (Å²) in [6, 6.07) is 47.9. The standard InChI is InChI=1S/C65H69BN2O/c1-60(2,3)38-20-25-41(26-21-38)67-52-29-24-40(62(7,8)9)32-51(52)66-59-54(67)35-46-43-18-16-17-19-48(43)65(14,15)58(46)57(59)47-33-44-45-34-49-50(64(12,13)31-30-63(49,10)11)36-55(45)69-56(44)37-53(47)68(66)42-27-22-39(23-28-42)61(4,5)6/h16-29,32-37H,30-31H2,1-15H3. The van der Waals surface area contributed by atoms with E-state index in [0.29, 0.717) is 0 Å². The van der Waals surface area contributed by atoms with E-state index in [-0.39, 0.29) is 39.3 Å². The van der Waals surface area contributed by atoms with Crippen molar-refractivity contribution in [1.29, 1.82) is 0 Å². The van der Waals surface area contributed by atoms with Gasteiger partial charge in [-0.25, -0.2) is 0 Å². The number of hydrogen-bond donors (Lipinski definition) is 0. The van der Waals surface area contributed by atoms with Crippen molar-refractivity contribution in [1.82, 2.24) is 0 Å². The van der Waals surface area contributed by atoms with E-state index in [0.717, 1.165) is 17.6 Å². The molecule has 8 aromatic rings. The lowest BCUT2D eigenvalue weighted by Crippen LogP contribution is -2.62. The molecule has 12 rings (SSSR count). The second-order valence-corrected chi connectivity index (χ2v) is 26.1. The van der Waals surface area contributed by atoms with Gasteiger partial charge >= 0.3 is 6.85 Å². The number of nitrogens with zero attached hydrogens (tertiary/aromatic N) is 2. The molecule has 0 spiro atoms. The van der Waals surface area contributed by atoms with Gasteiger partial charge in [-0.15, -0.1) is 0 Å². The first kappa shape index (κ1) is 44.2. The summed E-state index contributed by atoms with van der Waals surface area (Å²) in [4.78, 5) is 5.29. The fourth-order valence-electron chi connectivity index (χ4n) is 12.9. The lowest BCUT2D eigenvalue weighted by molar-refractivity contribution is 0.332. The van der Waals surface area contributed by atoms with Gasteiger partial charge in [0, 0.05) is 56.3 Å². The average Bonchev–Trinajstić information content (AvgIpc) is 3.75. The summed E-state index contributed by atoms with van der Waals surface area (Å²) in [7, 11) is 0. The Morgan fingerprint density at radius 1 is 0.478 bits per heavy atom. The highest BCUT2D eigenvalue weighted by Gasteiger charge is 2.50. The summed E-state index contributed by atoms with van der Waals surface area (Å²) in [6.45, 7) is 35.4. The normalized spacial score (nSPS) is 17.3. The zero-order chi connectivity index (χ0) is 48.7. The van der Waals surface area contributed by atoms with Crippen molar-refractivity contribution in [2.45, 2.75) is 149 Å². The first-order chi connectivity index (χ1) is 32.3. The third-order valence-corrected chi connectivity index (χ3v) is 17.2. The van der Waals surface area contributed by atoms with Gasteiger partial charge in [0.25, 0.3) is 0 Å². The summed E-state index contributed by atoms with van der Waals surface area (Å²) >= 11 is 0. The van der Waals surface area contributed by atoms with E-state index in [2.05, 4.69) is 235 Å². The molecule has 7 aromatic carbocycles. The highest BCUT2D eigenvalue weighted by atomic mass is 16.3. The molecule has 2 aliphatic heterocycles. The molecule has 3 nitrogen and oxygen atoms in total. The number of benzene rings is 7. The smallest absolute Gasteiger partial charge is 0.333 e.